The van der Waals surface area contributed by atoms with Gasteiger partial charge in [0.1, 0.15) is 4.90 Å². The summed E-state index contributed by atoms with van der Waals surface area (Å²) in [6.45, 7) is 4.37. The molecule has 1 amide bonds. The molecule has 0 spiro atoms. The molecule has 2 aromatic carbocycles. The van der Waals surface area contributed by atoms with Crippen LogP contribution in [-0.2, 0) is 21.4 Å². The number of sulfonamides is 1. The fraction of sp³-hybridized carbons (Fsp3) is 0.435. The van der Waals surface area contributed by atoms with Crippen molar-refractivity contribution < 1.29 is 13.2 Å². The van der Waals surface area contributed by atoms with Gasteiger partial charge in [0, 0.05) is 50.8 Å². The molecule has 2 aliphatic rings. The fourth-order valence-corrected chi connectivity index (χ4v) is 6.66. The molecule has 0 aromatic heterocycles. The van der Waals surface area contributed by atoms with Gasteiger partial charge in [-0.05, 0) is 36.6 Å². The van der Waals surface area contributed by atoms with Gasteiger partial charge in [-0.3, -0.25) is 9.69 Å². The van der Waals surface area contributed by atoms with Crippen LogP contribution in [0.2, 0.25) is 10.0 Å². The molecule has 4 rings (SSSR count). The quantitative estimate of drug-likeness (QED) is 0.633. The first-order chi connectivity index (χ1) is 15.3. The third-order valence-electron chi connectivity index (χ3n) is 6.18. The van der Waals surface area contributed by atoms with Crippen LogP contribution < -0.4 is 0 Å². The van der Waals surface area contributed by atoms with Crippen molar-refractivity contribution in [3.05, 3.63) is 64.1 Å². The standard InChI is InChI=1S/C23H27Cl2N3O3S/c24-20-8-9-21(25)22(15-20)32(30,31)28-10-4-7-19(17-28)23(29)27-13-11-26(12-14-27)16-18-5-2-1-3-6-18/h1-3,5-6,8-9,15,19H,4,7,10-14,16-17H2/t19-/m1/s1. The minimum atomic E-state index is -3.82. The highest BCUT2D eigenvalue weighted by molar-refractivity contribution is 7.89. The molecular formula is C23H27Cl2N3O3S. The predicted octanol–water partition coefficient (Wildman–Crippen LogP) is 3.74. The number of rotatable bonds is 5. The van der Waals surface area contributed by atoms with E-state index < -0.39 is 10.0 Å². The van der Waals surface area contributed by atoms with Crippen LogP contribution in [0.5, 0.6) is 0 Å². The van der Waals surface area contributed by atoms with Crippen molar-refractivity contribution in [3.8, 4) is 0 Å². The first kappa shape index (κ1) is 23.5. The third-order valence-corrected chi connectivity index (χ3v) is 8.76. The van der Waals surface area contributed by atoms with Crippen molar-refractivity contribution in [3.63, 3.8) is 0 Å². The van der Waals surface area contributed by atoms with E-state index in [4.69, 9.17) is 23.2 Å². The molecule has 1 atom stereocenters. The molecule has 32 heavy (non-hydrogen) atoms. The molecule has 2 aliphatic heterocycles. The lowest BCUT2D eigenvalue weighted by molar-refractivity contribution is -0.138. The topological polar surface area (TPSA) is 60.9 Å². The monoisotopic (exact) mass is 495 g/mol. The predicted molar refractivity (Wildman–Crippen MR) is 126 cm³/mol. The maximum absolute atomic E-state index is 13.2. The van der Waals surface area contributed by atoms with Crippen LogP contribution in [0.25, 0.3) is 0 Å². The molecule has 2 fully saturated rings. The van der Waals surface area contributed by atoms with Crippen molar-refractivity contribution in [1.82, 2.24) is 14.1 Å². The first-order valence-corrected chi connectivity index (χ1v) is 13.0. The van der Waals surface area contributed by atoms with Crippen molar-refractivity contribution >= 4 is 39.1 Å². The lowest BCUT2D eigenvalue weighted by Crippen LogP contribution is -2.52. The normalized spacial score (nSPS) is 20.9. The van der Waals surface area contributed by atoms with Crippen LogP contribution in [0, 0.1) is 5.92 Å². The van der Waals surface area contributed by atoms with E-state index in [1.807, 2.05) is 23.1 Å². The van der Waals surface area contributed by atoms with Crippen molar-refractivity contribution in [1.29, 1.82) is 0 Å². The number of carbonyl (C=O) groups is 1. The van der Waals surface area contributed by atoms with Crippen LogP contribution in [0.3, 0.4) is 0 Å². The summed E-state index contributed by atoms with van der Waals surface area (Å²) in [4.78, 5) is 17.4. The van der Waals surface area contributed by atoms with E-state index >= 15 is 0 Å². The molecule has 0 unspecified atom stereocenters. The molecule has 2 heterocycles. The van der Waals surface area contributed by atoms with E-state index in [0.717, 1.165) is 19.6 Å². The third kappa shape index (κ3) is 5.29. The summed E-state index contributed by atoms with van der Waals surface area (Å²) in [7, 11) is -3.82. The SMILES string of the molecule is O=C([C@@H]1CCCN(S(=O)(=O)c2cc(Cl)ccc2Cl)C1)N1CCN(Cc2ccccc2)CC1. The van der Waals surface area contributed by atoms with Gasteiger partial charge in [-0.1, -0.05) is 53.5 Å². The highest BCUT2D eigenvalue weighted by Crippen LogP contribution is 2.31. The Morgan fingerprint density at radius 1 is 0.969 bits per heavy atom. The van der Waals surface area contributed by atoms with E-state index in [9.17, 15) is 13.2 Å². The molecule has 0 radical (unpaired) electrons. The first-order valence-electron chi connectivity index (χ1n) is 10.8. The van der Waals surface area contributed by atoms with Crippen molar-refractivity contribution in [2.45, 2.75) is 24.3 Å². The van der Waals surface area contributed by atoms with Crippen LogP contribution in [-0.4, -0.2) is 67.7 Å². The Labute approximate surface area is 199 Å². The number of hydrogen-bond acceptors (Lipinski definition) is 4. The molecule has 2 saturated heterocycles. The van der Waals surface area contributed by atoms with Crippen LogP contribution in [0.1, 0.15) is 18.4 Å². The summed E-state index contributed by atoms with van der Waals surface area (Å²) in [5.74, 6) is -0.293. The molecule has 2 aromatic rings. The lowest BCUT2D eigenvalue weighted by Gasteiger charge is -2.38. The number of hydrogen-bond donors (Lipinski definition) is 0. The Hall–Kier alpha value is -1.64. The summed E-state index contributed by atoms with van der Waals surface area (Å²) < 4.78 is 27.7. The maximum Gasteiger partial charge on any atom is 0.244 e. The Morgan fingerprint density at radius 3 is 2.41 bits per heavy atom. The highest BCUT2D eigenvalue weighted by Gasteiger charge is 2.36. The fourth-order valence-electron chi connectivity index (χ4n) is 4.40. The zero-order valence-corrected chi connectivity index (χ0v) is 20.1. The maximum atomic E-state index is 13.2. The smallest absolute Gasteiger partial charge is 0.244 e. The zero-order chi connectivity index (χ0) is 22.7. The minimum Gasteiger partial charge on any atom is -0.340 e. The van der Waals surface area contributed by atoms with Gasteiger partial charge in [-0.25, -0.2) is 8.42 Å². The number of piperazine rings is 1. The minimum absolute atomic E-state index is 0.00529. The van der Waals surface area contributed by atoms with Crippen molar-refractivity contribution in [2.75, 3.05) is 39.3 Å². The second kappa shape index (κ2) is 10.1. The van der Waals surface area contributed by atoms with Gasteiger partial charge in [0.2, 0.25) is 15.9 Å². The van der Waals surface area contributed by atoms with Gasteiger partial charge in [0.25, 0.3) is 0 Å². The van der Waals surface area contributed by atoms with E-state index in [0.29, 0.717) is 37.5 Å². The van der Waals surface area contributed by atoms with Gasteiger partial charge >= 0.3 is 0 Å². The van der Waals surface area contributed by atoms with Gasteiger partial charge in [0.15, 0.2) is 0 Å². The van der Waals surface area contributed by atoms with E-state index in [2.05, 4.69) is 17.0 Å². The molecule has 0 aliphatic carbocycles. The average Bonchev–Trinajstić information content (AvgIpc) is 2.81. The summed E-state index contributed by atoms with van der Waals surface area (Å²) in [6, 6.07) is 14.7. The molecule has 6 nitrogen and oxygen atoms in total. The van der Waals surface area contributed by atoms with E-state index in [1.54, 1.807) is 6.07 Å². The van der Waals surface area contributed by atoms with Crippen LogP contribution in [0.4, 0.5) is 0 Å². The Morgan fingerprint density at radius 2 is 1.69 bits per heavy atom. The van der Waals surface area contributed by atoms with E-state index in [1.165, 1.54) is 22.0 Å². The molecule has 0 saturated carbocycles. The summed E-state index contributed by atoms with van der Waals surface area (Å²) in [5.41, 5.74) is 1.26. The number of nitrogens with zero attached hydrogens (tertiary/aromatic N) is 3. The zero-order valence-electron chi connectivity index (χ0n) is 17.8. The number of benzene rings is 2. The Bertz CT molecular complexity index is 1060. The highest BCUT2D eigenvalue weighted by atomic mass is 35.5. The number of halogens is 2. The van der Waals surface area contributed by atoms with Gasteiger partial charge in [-0.2, -0.15) is 4.31 Å². The van der Waals surface area contributed by atoms with Gasteiger partial charge in [0.05, 0.1) is 10.9 Å². The van der Waals surface area contributed by atoms with Crippen molar-refractivity contribution in [2.24, 2.45) is 5.92 Å². The molecule has 0 bridgehead atoms. The summed E-state index contributed by atoms with van der Waals surface area (Å²) in [5, 5.41) is 0.448. The Balaban J connectivity index is 1.37. The lowest BCUT2D eigenvalue weighted by atomic mass is 9.97. The second-order valence-corrected chi connectivity index (χ2v) is 11.1. The average molecular weight is 496 g/mol. The number of amides is 1. The summed E-state index contributed by atoms with van der Waals surface area (Å²) >= 11 is 12.1. The molecule has 9 heteroatoms. The Kier molecular flexibility index (Phi) is 7.42. The molecule has 0 N–H and O–H groups in total. The van der Waals surface area contributed by atoms with Crippen LogP contribution >= 0.6 is 23.2 Å². The number of carbonyl (C=O) groups excluding carboxylic acids is 1. The largest absolute Gasteiger partial charge is 0.340 e. The second-order valence-electron chi connectivity index (χ2n) is 8.36. The van der Waals surface area contributed by atoms with Gasteiger partial charge in [-0.15, -0.1) is 0 Å². The number of piperidine rings is 1. The molecule has 172 valence electrons. The summed E-state index contributed by atoms with van der Waals surface area (Å²) in [6.07, 6.45) is 1.33. The van der Waals surface area contributed by atoms with E-state index in [-0.39, 0.29) is 28.3 Å². The van der Waals surface area contributed by atoms with Crippen LogP contribution in [0.15, 0.2) is 53.4 Å². The molecular weight excluding hydrogens is 469 g/mol. The van der Waals surface area contributed by atoms with Gasteiger partial charge < -0.3 is 4.90 Å².